The molecule has 0 spiro atoms. The second kappa shape index (κ2) is 71.3. The van der Waals surface area contributed by atoms with Crippen LogP contribution in [0, 0.1) is 0 Å². The normalized spacial score (nSPS) is 12.4. The lowest BCUT2D eigenvalue weighted by molar-refractivity contribution is -0.143. The maximum atomic E-state index is 12.5. The van der Waals surface area contributed by atoms with Crippen LogP contribution < -0.4 is 5.32 Å². The number of esters is 1. The van der Waals surface area contributed by atoms with Crippen LogP contribution in [0.4, 0.5) is 0 Å². The van der Waals surface area contributed by atoms with E-state index in [0.29, 0.717) is 25.9 Å². The van der Waals surface area contributed by atoms with E-state index in [4.69, 9.17) is 4.74 Å². The second-order valence-corrected chi connectivity index (χ2v) is 26.4. The predicted octanol–water partition coefficient (Wildman–Crippen LogP) is 24.5. The van der Waals surface area contributed by atoms with Gasteiger partial charge < -0.3 is 20.3 Å². The van der Waals surface area contributed by atoms with E-state index in [1.165, 1.54) is 372 Å². The van der Waals surface area contributed by atoms with E-state index in [-0.39, 0.29) is 18.5 Å². The largest absolute Gasteiger partial charge is 0.466 e. The number of ether oxygens (including phenoxy) is 1. The van der Waals surface area contributed by atoms with Gasteiger partial charge in [-0.1, -0.05) is 406 Å². The summed E-state index contributed by atoms with van der Waals surface area (Å²) in [6.45, 7) is 5.01. The lowest BCUT2D eigenvalue weighted by atomic mass is 10.0. The van der Waals surface area contributed by atoms with Gasteiger partial charge >= 0.3 is 5.97 Å². The zero-order valence-electron chi connectivity index (χ0n) is 55.6. The molecule has 81 heavy (non-hydrogen) atoms. The molecule has 0 aliphatic heterocycles. The van der Waals surface area contributed by atoms with Crippen LogP contribution in [-0.2, 0) is 14.3 Å². The van der Waals surface area contributed by atoms with Gasteiger partial charge in [-0.05, 0) is 25.7 Å². The number of unbranched alkanes of at least 4 members (excludes halogenated alkanes) is 61. The molecule has 6 heteroatoms. The highest BCUT2D eigenvalue weighted by atomic mass is 16.5. The first kappa shape index (κ1) is 79.9. The average Bonchev–Trinajstić information content (AvgIpc) is 3.47. The number of carbonyl (C=O) groups is 2. The van der Waals surface area contributed by atoms with E-state index in [2.05, 4.69) is 19.2 Å². The van der Waals surface area contributed by atoms with Gasteiger partial charge in [0, 0.05) is 12.8 Å². The first-order valence-electron chi connectivity index (χ1n) is 37.8. The summed E-state index contributed by atoms with van der Waals surface area (Å²) in [7, 11) is 0. The third-order valence-corrected chi connectivity index (χ3v) is 18.2. The SMILES string of the molecule is CCCCCCCCCCCCCCCCCCCCCC(O)C(CO)NC(=O)CCCCCCCCCCCCCCCCCCCCCCCCCCCCCCCCCCOC(=O)CCCCCCCCCCCCCCC. The average molecular weight is 1150 g/mol. The Kier molecular flexibility index (Phi) is 70.3. The van der Waals surface area contributed by atoms with Crippen LogP contribution in [0.25, 0.3) is 0 Å². The summed E-state index contributed by atoms with van der Waals surface area (Å²) in [4.78, 5) is 24.6. The molecule has 1 amide bonds. The van der Waals surface area contributed by atoms with Gasteiger partial charge in [-0.25, -0.2) is 0 Å². The molecule has 0 bridgehead atoms. The molecule has 0 saturated carbocycles. The number of nitrogens with one attached hydrogen (secondary N) is 1. The van der Waals surface area contributed by atoms with Crippen molar-refractivity contribution in [2.45, 2.75) is 456 Å². The van der Waals surface area contributed by atoms with E-state index in [1.807, 2.05) is 0 Å². The fourth-order valence-corrected chi connectivity index (χ4v) is 12.4. The van der Waals surface area contributed by atoms with Crippen molar-refractivity contribution < 1.29 is 24.5 Å². The topological polar surface area (TPSA) is 95.9 Å². The van der Waals surface area contributed by atoms with Crippen LogP contribution in [0.3, 0.4) is 0 Å². The highest BCUT2D eigenvalue weighted by Crippen LogP contribution is 2.20. The molecule has 0 saturated heterocycles. The molecule has 0 fully saturated rings. The lowest BCUT2D eigenvalue weighted by Crippen LogP contribution is -2.45. The number of aliphatic hydroxyl groups is 2. The Morgan fingerprint density at radius 3 is 0.753 bits per heavy atom. The standard InChI is InChI=1S/C75H149NO5/c1-3-5-7-9-11-13-15-17-18-19-34-37-40-44-47-51-55-59-63-67-73(78)72(71-77)76-74(79)68-64-60-56-52-48-45-41-38-35-32-30-28-26-24-22-20-21-23-25-27-29-31-33-36-39-42-46-50-54-58-62-66-70-81-75(80)69-65-61-57-53-49-43-16-14-12-10-8-6-4-2/h72-73,77-78H,3-71H2,1-2H3,(H,76,79). The molecule has 3 N–H and O–H groups in total. The smallest absolute Gasteiger partial charge is 0.305 e. The second-order valence-electron chi connectivity index (χ2n) is 26.4. The Morgan fingerprint density at radius 2 is 0.506 bits per heavy atom. The van der Waals surface area contributed by atoms with Crippen molar-refractivity contribution in [2.24, 2.45) is 0 Å². The van der Waals surface area contributed by atoms with E-state index in [9.17, 15) is 19.8 Å². The van der Waals surface area contributed by atoms with Crippen molar-refractivity contribution in [3.63, 3.8) is 0 Å². The van der Waals surface area contributed by atoms with Crippen LogP contribution in [0.1, 0.15) is 444 Å². The van der Waals surface area contributed by atoms with Gasteiger partial charge in [0.25, 0.3) is 0 Å². The van der Waals surface area contributed by atoms with E-state index < -0.39 is 12.1 Å². The summed E-state index contributed by atoms with van der Waals surface area (Å²) in [6, 6.07) is -0.537. The first-order valence-corrected chi connectivity index (χ1v) is 37.8. The quantitative estimate of drug-likeness (QED) is 0.0417. The highest BCUT2D eigenvalue weighted by Gasteiger charge is 2.20. The van der Waals surface area contributed by atoms with Gasteiger partial charge in [0.05, 0.1) is 25.4 Å². The van der Waals surface area contributed by atoms with Gasteiger partial charge in [-0.15, -0.1) is 0 Å². The summed E-state index contributed by atoms with van der Waals surface area (Å²) in [5, 5.41) is 23.4. The zero-order valence-corrected chi connectivity index (χ0v) is 55.6. The molecule has 0 aliphatic carbocycles. The van der Waals surface area contributed by atoms with Gasteiger partial charge in [0.15, 0.2) is 0 Å². The lowest BCUT2D eigenvalue weighted by Gasteiger charge is -2.22. The number of carbonyl (C=O) groups excluding carboxylic acids is 2. The van der Waals surface area contributed by atoms with Gasteiger partial charge in [-0.2, -0.15) is 0 Å². The molecule has 2 atom stereocenters. The third kappa shape index (κ3) is 67.9. The minimum atomic E-state index is -0.661. The summed E-state index contributed by atoms with van der Waals surface area (Å²) in [6.07, 6.45) is 87.5. The highest BCUT2D eigenvalue weighted by molar-refractivity contribution is 5.76. The van der Waals surface area contributed by atoms with E-state index >= 15 is 0 Å². The minimum Gasteiger partial charge on any atom is -0.466 e. The molecular weight excluding hydrogens is 995 g/mol. The van der Waals surface area contributed by atoms with Crippen molar-refractivity contribution >= 4 is 11.9 Å². The Bertz CT molecular complexity index is 1180. The van der Waals surface area contributed by atoms with Crippen LogP contribution in [0.15, 0.2) is 0 Å². The molecule has 484 valence electrons. The Labute approximate surface area is 508 Å². The molecule has 0 aliphatic rings. The first-order chi connectivity index (χ1) is 40.0. The molecule has 0 aromatic heterocycles. The van der Waals surface area contributed by atoms with Crippen LogP contribution in [-0.4, -0.2) is 47.4 Å². The van der Waals surface area contributed by atoms with Crippen LogP contribution in [0.5, 0.6) is 0 Å². The number of amides is 1. The van der Waals surface area contributed by atoms with Gasteiger partial charge in [0.1, 0.15) is 0 Å². The zero-order chi connectivity index (χ0) is 58.5. The maximum Gasteiger partial charge on any atom is 0.305 e. The summed E-state index contributed by atoms with van der Waals surface area (Å²) in [5.74, 6) is -0.000986. The van der Waals surface area contributed by atoms with Crippen molar-refractivity contribution in [3.05, 3.63) is 0 Å². The van der Waals surface area contributed by atoms with E-state index in [0.717, 1.165) is 38.5 Å². The Hall–Kier alpha value is -1.14. The third-order valence-electron chi connectivity index (χ3n) is 18.2. The number of rotatable bonds is 72. The molecule has 0 radical (unpaired) electrons. The number of hydrogen-bond donors (Lipinski definition) is 3. The summed E-state index contributed by atoms with van der Waals surface area (Å²) < 4.78 is 5.49. The van der Waals surface area contributed by atoms with Gasteiger partial charge in [0.2, 0.25) is 5.91 Å². The number of hydrogen-bond acceptors (Lipinski definition) is 5. The predicted molar refractivity (Wildman–Crippen MR) is 357 cm³/mol. The Balaban J connectivity index is 3.31. The fourth-order valence-electron chi connectivity index (χ4n) is 12.4. The Morgan fingerprint density at radius 1 is 0.296 bits per heavy atom. The fraction of sp³-hybridized carbons (Fsp3) is 0.973. The molecule has 0 rings (SSSR count). The summed E-state index contributed by atoms with van der Waals surface area (Å²) in [5.41, 5.74) is 0. The minimum absolute atomic E-state index is 0.0241. The monoisotopic (exact) mass is 1140 g/mol. The van der Waals surface area contributed by atoms with Crippen molar-refractivity contribution in [1.82, 2.24) is 5.32 Å². The van der Waals surface area contributed by atoms with Gasteiger partial charge in [-0.3, -0.25) is 9.59 Å². The van der Waals surface area contributed by atoms with Crippen molar-refractivity contribution in [1.29, 1.82) is 0 Å². The molecule has 6 nitrogen and oxygen atoms in total. The molecule has 0 aromatic carbocycles. The van der Waals surface area contributed by atoms with Crippen molar-refractivity contribution in [3.8, 4) is 0 Å². The summed E-state index contributed by atoms with van der Waals surface area (Å²) >= 11 is 0. The van der Waals surface area contributed by atoms with Crippen LogP contribution in [0.2, 0.25) is 0 Å². The molecular formula is C75H149NO5. The van der Waals surface area contributed by atoms with E-state index in [1.54, 1.807) is 0 Å². The molecule has 0 heterocycles. The number of aliphatic hydroxyl groups excluding tert-OH is 2. The molecule has 2 unspecified atom stereocenters. The maximum absolute atomic E-state index is 12.5. The van der Waals surface area contributed by atoms with Crippen LogP contribution >= 0.6 is 0 Å². The van der Waals surface area contributed by atoms with Crippen molar-refractivity contribution in [2.75, 3.05) is 13.2 Å². The molecule has 0 aromatic rings.